The molecule has 1 aromatic rings. The number of carbonyl (C=O) groups excluding carboxylic acids is 2. The summed E-state index contributed by atoms with van der Waals surface area (Å²) in [4.78, 5) is 24.5. The molecular formula is C13H15NO2. The molecule has 0 N–H and O–H groups in total. The number of rotatable bonds is 3. The second-order valence-electron chi connectivity index (χ2n) is 4.07. The van der Waals surface area contributed by atoms with Crippen molar-refractivity contribution in [3.63, 3.8) is 0 Å². The topological polar surface area (TPSA) is 37.4 Å². The SMILES string of the molecule is CCCc1ccccc1N1CC(=O)CC1=O. The van der Waals surface area contributed by atoms with E-state index in [-0.39, 0.29) is 24.7 Å². The van der Waals surface area contributed by atoms with Crippen LogP contribution < -0.4 is 4.90 Å². The zero-order valence-corrected chi connectivity index (χ0v) is 9.40. The quantitative estimate of drug-likeness (QED) is 0.726. The molecule has 16 heavy (non-hydrogen) atoms. The van der Waals surface area contributed by atoms with Gasteiger partial charge in [-0.2, -0.15) is 0 Å². The molecule has 1 aliphatic rings. The van der Waals surface area contributed by atoms with Gasteiger partial charge in [-0.25, -0.2) is 0 Å². The van der Waals surface area contributed by atoms with Crippen molar-refractivity contribution in [2.75, 3.05) is 11.4 Å². The van der Waals surface area contributed by atoms with E-state index in [0.717, 1.165) is 24.1 Å². The molecule has 3 heteroatoms. The summed E-state index contributed by atoms with van der Waals surface area (Å²) < 4.78 is 0. The van der Waals surface area contributed by atoms with Crippen LogP contribution in [0.1, 0.15) is 25.3 Å². The van der Waals surface area contributed by atoms with Crippen LogP contribution in [0.3, 0.4) is 0 Å². The van der Waals surface area contributed by atoms with Crippen LogP contribution in [0.25, 0.3) is 0 Å². The Hall–Kier alpha value is -1.64. The Morgan fingerprint density at radius 3 is 2.62 bits per heavy atom. The van der Waals surface area contributed by atoms with E-state index in [4.69, 9.17) is 0 Å². The van der Waals surface area contributed by atoms with Crippen LogP contribution in [0.15, 0.2) is 24.3 Å². The predicted molar refractivity (Wildman–Crippen MR) is 62.4 cm³/mol. The summed E-state index contributed by atoms with van der Waals surface area (Å²) >= 11 is 0. The van der Waals surface area contributed by atoms with Crippen LogP contribution >= 0.6 is 0 Å². The number of benzene rings is 1. The summed E-state index contributed by atoms with van der Waals surface area (Å²) in [6.45, 7) is 2.34. The van der Waals surface area contributed by atoms with Gasteiger partial charge in [0.05, 0.1) is 13.0 Å². The summed E-state index contributed by atoms with van der Waals surface area (Å²) in [6.07, 6.45) is 2.03. The van der Waals surface area contributed by atoms with Crippen molar-refractivity contribution in [2.45, 2.75) is 26.2 Å². The smallest absolute Gasteiger partial charge is 0.234 e. The van der Waals surface area contributed by atoms with E-state index in [1.807, 2.05) is 24.3 Å². The lowest BCUT2D eigenvalue weighted by Crippen LogP contribution is -2.25. The van der Waals surface area contributed by atoms with Crippen LogP contribution in [0.4, 0.5) is 5.69 Å². The predicted octanol–water partition coefficient (Wildman–Crippen LogP) is 1.94. The van der Waals surface area contributed by atoms with Gasteiger partial charge in [-0.15, -0.1) is 0 Å². The number of hydrogen-bond donors (Lipinski definition) is 0. The first-order valence-electron chi connectivity index (χ1n) is 5.62. The summed E-state index contributed by atoms with van der Waals surface area (Å²) in [6, 6.07) is 7.82. The van der Waals surface area contributed by atoms with E-state index in [9.17, 15) is 9.59 Å². The lowest BCUT2D eigenvalue weighted by Gasteiger charge is -2.18. The molecule has 1 amide bonds. The van der Waals surface area contributed by atoms with E-state index in [1.165, 1.54) is 0 Å². The fraction of sp³-hybridized carbons (Fsp3) is 0.385. The molecule has 1 aromatic carbocycles. The third-order valence-electron chi connectivity index (χ3n) is 2.79. The molecule has 0 unspecified atom stereocenters. The van der Waals surface area contributed by atoms with Crippen molar-refractivity contribution in [3.05, 3.63) is 29.8 Å². The Labute approximate surface area is 95.1 Å². The molecular weight excluding hydrogens is 202 g/mol. The van der Waals surface area contributed by atoms with Gasteiger partial charge in [-0.1, -0.05) is 31.5 Å². The molecule has 1 saturated heterocycles. The minimum Gasteiger partial charge on any atom is -0.304 e. The maximum Gasteiger partial charge on any atom is 0.234 e. The number of anilines is 1. The highest BCUT2D eigenvalue weighted by molar-refractivity contribution is 6.15. The van der Waals surface area contributed by atoms with Gasteiger partial charge in [0.25, 0.3) is 0 Å². The van der Waals surface area contributed by atoms with Gasteiger partial charge < -0.3 is 4.90 Å². The van der Waals surface area contributed by atoms with Crippen molar-refractivity contribution >= 4 is 17.4 Å². The number of ketones is 1. The summed E-state index contributed by atoms with van der Waals surface area (Å²) in [5.74, 6) is -0.0649. The Balaban J connectivity index is 2.32. The molecule has 0 saturated carbocycles. The normalized spacial score (nSPS) is 15.9. The second kappa shape index (κ2) is 4.47. The highest BCUT2D eigenvalue weighted by Gasteiger charge is 2.29. The molecule has 0 bridgehead atoms. The Morgan fingerprint density at radius 2 is 2.00 bits per heavy atom. The van der Waals surface area contributed by atoms with Gasteiger partial charge in [0, 0.05) is 5.69 Å². The van der Waals surface area contributed by atoms with Gasteiger partial charge in [0.2, 0.25) is 5.91 Å². The number of aryl methyl sites for hydroxylation is 1. The van der Waals surface area contributed by atoms with E-state index in [0.29, 0.717) is 0 Å². The average molecular weight is 217 g/mol. The second-order valence-corrected chi connectivity index (χ2v) is 4.07. The molecule has 0 atom stereocenters. The number of para-hydroxylation sites is 1. The van der Waals surface area contributed by atoms with Crippen molar-refractivity contribution in [2.24, 2.45) is 0 Å². The Bertz CT molecular complexity index is 426. The lowest BCUT2D eigenvalue weighted by atomic mass is 10.1. The van der Waals surface area contributed by atoms with E-state index < -0.39 is 0 Å². The monoisotopic (exact) mass is 217 g/mol. The van der Waals surface area contributed by atoms with Crippen LogP contribution in [0.2, 0.25) is 0 Å². The lowest BCUT2D eigenvalue weighted by molar-refractivity contribution is -0.121. The third-order valence-corrected chi connectivity index (χ3v) is 2.79. The van der Waals surface area contributed by atoms with Crippen LogP contribution in [0, 0.1) is 0 Å². The van der Waals surface area contributed by atoms with Gasteiger partial charge >= 0.3 is 0 Å². The van der Waals surface area contributed by atoms with Gasteiger partial charge in [0.15, 0.2) is 5.78 Å². The first kappa shape index (κ1) is 10.9. The molecule has 0 spiro atoms. The molecule has 2 rings (SSSR count). The van der Waals surface area contributed by atoms with Gasteiger partial charge in [-0.3, -0.25) is 9.59 Å². The fourth-order valence-corrected chi connectivity index (χ4v) is 2.06. The van der Waals surface area contributed by atoms with Crippen molar-refractivity contribution in [1.82, 2.24) is 0 Å². The largest absolute Gasteiger partial charge is 0.304 e. The number of amides is 1. The van der Waals surface area contributed by atoms with Gasteiger partial charge in [0.1, 0.15) is 0 Å². The first-order chi connectivity index (χ1) is 7.72. The standard InChI is InChI=1S/C13H15NO2/c1-2-5-10-6-3-4-7-12(10)14-9-11(15)8-13(14)16/h3-4,6-7H,2,5,8-9H2,1H3. The van der Waals surface area contributed by atoms with E-state index >= 15 is 0 Å². The molecule has 3 nitrogen and oxygen atoms in total. The molecule has 0 aliphatic carbocycles. The molecule has 0 radical (unpaired) electrons. The molecule has 1 aliphatic heterocycles. The fourth-order valence-electron chi connectivity index (χ4n) is 2.06. The molecule has 0 aromatic heterocycles. The highest BCUT2D eigenvalue weighted by atomic mass is 16.2. The number of hydrogen-bond acceptors (Lipinski definition) is 2. The number of nitrogens with zero attached hydrogens (tertiary/aromatic N) is 1. The summed E-state index contributed by atoms with van der Waals surface area (Å²) in [7, 11) is 0. The number of Topliss-reactive ketones (excluding diaryl/α,β-unsaturated/α-hetero) is 1. The molecule has 1 heterocycles. The highest BCUT2D eigenvalue weighted by Crippen LogP contribution is 2.25. The first-order valence-corrected chi connectivity index (χ1v) is 5.62. The Kier molecular flexibility index (Phi) is 3.04. The maximum atomic E-state index is 11.6. The van der Waals surface area contributed by atoms with Crippen LogP contribution in [0.5, 0.6) is 0 Å². The minimum absolute atomic E-state index is 0.0105. The van der Waals surface area contributed by atoms with Gasteiger partial charge in [-0.05, 0) is 18.1 Å². The van der Waals surface area contributed by atoms with Crippen molar-refractivity contribution in [3.8, 4) is 0 Å². The summed E-state index contributed by atoms with van der Waals surface area (Å²) in [5, 5.41) is 0. The van der Waals surface area contributed by atoms with Crippen molar-refractivity contribution < 1.29 is 9.59 Å². The van der Waals surface area contributed by atoms with Crippen LogP contribution in [-0.4, -0.2) is 18.2 Å². The molecule has 1 fully saturated rings. The third kappa shape index (κ3) is 1.98. The van der Waals surface area contributed by atoms with E-state index in [2.05, 4.69) is 6.92 Å². The van der Waals surface area contributed by atoms with E-state index in [1.54, 1.807) is 4.90 Å². The minimum atomic E-state index is -0.0754. The number of carbonyl (C=O) groups is 2. The van der Waals surface area contributed by atoms with Crippen LogP contribution in [-0.2, 0) is 16.0 Å². The average Bonchev–Trinajstić information content (AvgIpc) is 2.59. The molecule has 84 valence electrons. The van der Waals surface area contributed by atoms with Crippen molar-refractivity contribution in [1.29, 1.82) is 0 Å². The maximum absolute atomic E-state index is 11.6. The summed E-state index contributed by atoms with van der Waals surface area (Å²) in [5.41, 5.74) is 2.05. The zero-order valence-electron chi connectivity index (χ0n) is 9.40. The zero-order chi connectivity index (χ0) is 11.5. The Morgan fingerprint density at radius 1 is 1.25 bits per heavy atom.